The molecule has 0 aromatic heterocycles. The summed E-state index contributed by atoms with van der Waals surface area (Å²) in [5.41, 5.74) is 0.687. The van der Waals surface area contributed by atoms with Crippen molar-refractivity contribution in [2.24, 2.45) is 5.41 Å². The quantitative estimate of drug-likeness (QED) is 0.813. The predicted octanol–water partition coefficient (Wildman–Crippen LogP) is 3.29. The molecule has 1 aromatic rings. The first kappa shape index (κ1) is 13.7. The molecule has 18 heavy (non-hydrogen) atoms. The van der Waals surface area contributed by atoms with E-state index in [0.29, 0.717) is 22.5 Å². The van der Waals surface area contributed by atoms with Crippen LogP contribution >= 0.6 is 27.5 Å². The van der Waals surface area contributed by atoms with Crippen molar-refractivity contribution in [2.75, 3.05) is 12.4 Å². The molecule has 3 nitrogen and oxygen atoms in total. The van der Waals surface area contributed by atoms with Crippen LogP contribution in [0.5, 0.6) is 5.75 Å². The van der Waals surface area contributed by atoms with Gasteiger partial charge in [0.05, 0.1) is 4.47 Å². The number of carbonyl (C=O) groups is 1. The van der Waals surface area contributed by atoms with Gasteiger partial charge < -0.3 is 10.4 Å². The van der Waals surface area contributed by atoms with Crippen LogP contribution in [0, 0.1) is 5.41 Å². The highest BCUT2D eigenvalue weighted by molar-refractivity contribution is 9.10. The predicted molar refractivity (Wildman–Crippen MR) is 75.1 cm³/mol. The molecule has 1 amide bonds. The lowest BCUT2D eigenvalue weighted by Crippen LogP contribution is -2.30. The number of phenols is 1. The van der Waals surface area contributed by atoms with Crippen molar-refractivity contribution < 1.29 is 9.90 Å². The van der Waals surface area contributed by atoms with Crippen LogP contribution in [-0.4, -0.2) is 23.4 Å². The zero-order valence-corrected chi connectivity index (χ0v) is 12.2. The van der Waals surface area contributed by atoms with Gasteiger partial charge in [0.15, 0.2) is 0 Å². The minimum absolute atomic E-state index is 0.0737. The van der Waals surface area contributed by atoms with Gasteiger partial charge in [-0.25, -0.2) is 0 Å². The summed E-state index contributed by atoms with van der Waals surface area (Å²) in [4.78, 5) is 11.9. The van der Waals surface area contributed by atoms with E-state index >= 15 is 0 Å². The van der Waals surface area contributed by atoms with Crippen LogP contribution in [0.2, 0.25) is 0 Å². The Bertz CT molecular complexity index is 460. The number of halogens is 2. The Morgan fingerprint density at radius 3 is 2.78 bits per heavy atom. The SMILES string of the molecule is O=C(NCC1(CCCl)CC1)c1ccc(Br)c(O)c1. The normalized spacial score (nSPS) is 16.3. The number of amides is 1. The molecule has 0 atom stereocenters. The van der Waals surface area contributed by atoms with Crippen molar-refractivity contribution in [1.29, 1.82) is 0 Å². The minimum atomic E-state index is -0.154. The average molecular weight is 333 g/mol. The highest BCUT2D eigenvalue weighted by Gasteiger charge is 2.41. The summed E-state index contributed by atoms with van der Waals surface area (Å²) in [7, 11) is 0. The van der Waals surface area contributed by atoms with Crippen molar-refractivity contribution in [1.82, 2.24) is 5.32 Å². The van der Waals surface area contributed by atoms with Crippen molar-refractivity contribution >= 4 is 33.4 Å². The number of nitrogens with one attached hydrogen (secondary N) is 1. The Hall–Kier alpha value is -0.740. The number of benzene rings is 1. The van der Waals surface area contributed by atoms with Gasteiger partial charge in [-0.05, 0) is 58.8 Å². The zero-order valence-electron chi connectivity index (χ0n) is 9.88. The number of phenolic OH excluding ortho intramolecular Hbond substituents is 1. The molecular formula is C13H15BrClNO2. The van der Waals surface area contributed by atoms with E-state index in [4.69, 9.17) is 11.6 Å². The largest absolute Gasteiger partial charge is 0.507 e. The number of rotatable bonds is 5. The van der Waals surface area contributed by atoms with Crippen molar-refractivity contribution in [3.63, 3.8) is 0 Å². The highest BCUT2D eigenvalue weighted by atomic mass is 79.9. The van der Waals surface area contributed by atoms with Gasteiger partial charge in [-0.1, -0.05) is 0 Å². The van der Waals surface area contributed by atoms with E-state index in [-0.39, 0.29) is 17.1 Å². The molecule has 2 rings (SSSR count). The molecule has 5 heteroatoms. The second-order valence-electron chi connectivity index (χ2n) is 4.79. The Labute approximate surface area is 120 Å². The van der Waals surface area contributed by atoms with Crippen LogP contribution in [0.25, 0.3) is 0 Å². The molecule has 0 bridgehead atoms. The topological polar surface area (TPSA) is 49.3 Å². The summed E-state index contributed by atoms with van der Waals surface area (Å²) >= 11 is 8.93. The fraction of sp³-hybridized carbons (Fsp3) is 0.462. The van der Waals surface area contributed by atoms with Crippen LogP contribution in [0.15, 0.2) is 22.7 Å². The molecule has 0 heterocycles. The first-order valence-electron chi connectivity index (χ1n) is 5.89. The van der Waals surface area contributed by atoms with Crippen molar-refractivity contribution in [2.45, 2.75) is 19.3 Å². The lowest BCUT2D eigenvalue weighted by molar-refractivity contribution is 0.0944. The molecule has 1 fully saturated rings. The van der Waals surface area contributed by atoms with E-state index in [1.807, 2.05) is 0 Å². The average Bonchev–Trinajstić information content (AvgIpc) is 3.11. The second kappa shape index (κ2) is 5.49. The summed E-state index contributed by atoms with van der Waals surface area (Å²) in [6, 6.07) is 4.80. The molecule has 0 spiro atoms. The molecule has 1 aromatic carbocycles. The molecule has 1 aliphatic rings. The van der Waals surface area contributed by atoms with E-state index in [2.05, 4.69) is 21.2 Å². The van der Waals surface area contributed by atoms with E-state index in [0.717, 1.165) is 19.3 Å². The molecule has 0 aliphatic heterocycles. The first-order valence-corrected chi connectivity index (χ1v) is 7.22. The number of carbonyl (C=O) groups excluding carboxylic acids is 1. The minimum Gasteiger partial charge on any atom is -0.507 e. The molecular weight excluding hydrogens is 318 g/mol. The lowest BCUT2D eigenvalue weighted by Gasteiger charge is -2.14. The molecule has 2 N–H and O–H groups in total. The van der Waals surface area contributed by atoms with Gasteiger partial charge in [0.1, 0.15) is 5.75 Å². The fourth-order valence-corrected chi connectivity index (χ4v) is 2.56. The maximum atomic E-state index is 11.9. The van der Waals surface area contributed by atoms with Crippen LogP contribution in [-0.2, 0) is 0 Å². The maximum absolute atomic E-state index is 11.9. The van der Waals surface area contributed by atoms with Gasteiger partial charge in [-0.2, -0.15) is 0 Å². The van der Waals surface area contributed by atoms with E-state index in [9.17, 15) is 9.90 Å². The first-order chi connectivity index (χ1) is 8.56. The van der Waals surface area contributed by atoms with Crippen LogP contribution in [0.4, 0.5) is 0 Å². The Morgan fingerprint density at radius 2 is 2.22 bits per heavy atom. The number of alkyl halides is 1. The van der Waals surface area contributed by atoms with Crippen LogP contribution in [0.1, 0.15) is 29.6 Å². The van der Waals surface area contributed by atoms with Gasteiger partial charge in [0.2, 0.25) is 0 Å². The number of aromatic hydroxyl groups is 1. The third-order valence-electron chi connectivity index (χ3n) is 3.41. The van der Waals surface area contributed by atoms with Crippen LogP contribution < -0.4 is 5.32 Å². The summed E-state index contributed by atoms with van der Waals surface area (Å²) in [6.45, 7) is 0.662. The third-order valence-corrected chi connectivity index (χ3v) is 4.27. The van der Waals surface area contributed by atoms with E-state index in [1.165, 1.54) is 6.07 Å². The molecule has 0 radical (unpaired) electrons. The summed E-state index contributed by atoms with van der Waals surface area (Å²) < 4.78 is 0.583. The second-order valence-corrected chi connectivity index (χ2v) is 6.02. The van der Waals surface area contributed by atoms with Crippen molar-refractivity contribution in [3.8, 4) is 5.75 Å². The van der Waals surface area contributed by atoms with Gasteiger partial charge in [-0.15, -0.1) is 11.6 Å². The Balaban J connectivity index is 1.93. The number of hydrogen-bond donors (Lipinski definition) is 2. The summed E-state index contributed by atoms with van der Waals surface area (Å²) in [6.07, 6.45) is 3.21. The number of hydrogen-bond acceptors (Lipinski definition) is 2. The lowest BCUT2D eigenvalue weighted by atomic mass is 10.0. The monoisotopic (exact) mass is 331 g/mol. The van der Waals surface area contributed by atoms with Crippen molar-refractivity contribution in [3.05, 3.63) is 28.2 Å². The molecule has 1 saturated carbocycles. The smallest absolute Gasteiger partial charge is 0.251 e. The maximum Gasteiger partial charge on any atom is 0.251 e. The summed E-state index contributed by atoms with van der Waals surface area (Å²) in [5, 5.41) is 12.4. The van der Waals surface area contributed by atoms with E-state index in [1.54, 1.807) is 12.1 Å². The Kier molecular flexibility index (Phi) is 4.17. The highest BCUT2D eigenvalue weighted by Crippen LogP contribution is 2.48. The fourth-order valence-electron chi connectivity index (χ4n) is 1.92. The molecule has 0 unspecified atom stereocenters. The van der Waals surface area contributed by atoms with Gasteiger partial charge >= 0.3 is 0 Å². The van der Waals surface area contributed by atoms with Gasteiger partial charge in [0, 0.05) is 18.0 Å². The Morgan fingerprint density at radius 1 is 1.50 bits per heavy atom. The zero-order chi connectivity index (χ0) is 13.2. The third kappa shape index (κ3) is 3.18. The van der Waals surface area contributed by atoms with Gasteiger partial charge in [0.25, 0.3) is 5.91 Å². The van der Waals surface area contributed by atoms with Crippen LogP contribution in [0.3, 0.4) is 0 Å². The standard InChI is InChI=1S/C13H15BrClNO2/c14-10-2-1-9(7-11(10)17)12(18)16-8-13(3-4-13)5-6-15/h1-2,7,17H,3-6,8H2,(H,16,18). The summed E-state index contributed by atoms with van der Waals surface area (Å²) in [5.74, 6) is 0.553. The van der Waals surface area contributed by atoms with E-state index < -0.39 is 0 Å². The molecule has 0 saturated heterocycles. The van der Waals surface area contributed by atoms with Gasteiger partial charge in [-0.3, -0.25) is 4.79 Å². The molecule has 1 aliphatic carbocycles. The molecule has 98 valence electrons.